The molecule has 0 saturated heterocycles. The predicted molar refractivity (Wildman–Crippen MR) is 139 cm³/mol. The molecule has 11 heteroatoms. The Kier molecular flexibility index (Phi) is 6.66. The van der Waals surface area contributed by atoms with E-state index in [1.54, 1.807) is 44.2 Å². The number of allylic oxidation sites excluding steroid dienone is 1. The molecule has 2 aromatic rings. The number of nitrogens with one attached hydrogen (secondary N) is 3. The molecule has 0 saturated carbocycles. The zero-order valence-corrected chi connectivity index (χ0v) is 22.3. The number of hydrogen-bond donors (Lipinski definition) is 3. The molecular weight excluding hydrogens is 588 g/mol. The first kappa shape index (κ1) is 25.2. The number of amides is 1. The maximum atomic E-state index is 14.6. The molecule has 0 radical (unpaired) electrons. The lowest BCUT2D eigenvalue weighted by Crippen LogP contribution is -2.50. The van der Waals surface area contributed by atoms with Crippen LogP contribution in [-0.2, 0) is 24.3 Å². The fourth-order valence-corrected chi connectivity index (χ4v) is 5.38. The van der Waals surface area contributed by atoms with Gasteiger partial charge in [-0.2, -0.15) is 0 Å². The van der Waals surface area contributed by atoms with E-state index in [1.807, 2.05) is 22.6 Å². The molecule has 1 amide bonds. The Morgan fingerprint density at radius 2 is 1.80 bits per heavy atom. The summed E-state index contributed by atoms with van der Waals surface area (Å²) in [6.07, 6.45) is 0.0557. The van der Waals surface area contributed by atoms with Gasteiger partial charge in [0.1, 0.15) is 17.8 Å². The summed E-state index contributed by atoms with van der Waals surface area (Å²) in [6.45, 7) is 4.94. The van der Waals surface area contributed by atoms with E-state index in [4.69, 9.17) is 4.74 Å². The summed E-state index contributed by atoms with van der Waals surface area (Å²) in [4.78, 5) is 26.0. The van der Waals surface area contributed by atoms with Crippen LogP contribution in [0.5, 0.6) is 0 Å². The zero-order chi connectivity index (χ0) is 25.7. The number of benzene rings is 2. The van der Waals surface area contributed by atoms with Crippen LogP contribution >= 0.6 is 22.6 Å². The quantitative estimate of drug-likeness (QED) is 0.350. The summed E-state index contributed by atoms with van der Waals surface area (Å²) in [5.74, 6) is -2.52. The normalized spacial score (nSPS) is 20.3. The highest BCUT2D eigenvalue weighted by Crippen LogP contribution is 2.42. The summed E-state index contributed by atoms with van der Waals surface area (Å²) < 4.78 is 47.2. The first-order valence-electron chi connectivity index (χ1n) is 10.6. The number of esters is 1. The number of carbonyl (C=O) groups excluding carboxylic acids is 2. The molecule has 2 aliphatic heterocycles. The second kappa shape index (κ2) is 9.26. The molecule has 3 N–H and O–H groups in total. The van der Waals surface area contributed by atoms with E-state index >= 15 is 0 Å². The van der Waals surface area contributed by atoms with E-state index < -0.39 is 39.7 Å². The van der Waals surface area contributed by atoms with Crippen LogP contribution in [0.25, 0.3) is 5.57 Å². The molecular formula is C24H23FIN3O5S. The molecule has 0 aromatic heterocycles. The number of sulfonamides is 1. The van der Waals surface area contributed by atoms with Gasteiger partial charge < -0.3 is 15.4 Å². The fourth-order valence-electron chi connectivity index (χ4n) is 4.30. The fraction of sp³-hybridized carbons (Fsp3) is 0.250. The van der Waals surface area contributed by atoms with Gasteiger partial charge in [-0.05, 0) is 78.8 Å². The van der Waals surface area contributed by atoms with Gasteiger partial charge in [-0.1, -0.05) is 12.1 Å². The number of fused-ring (bicyclic) bond motifs is 1. The third-order valence-corrected chi connectivity index (χ3v) is 7.22. The lowest BCUT2D eigenvalue weighted by Gasteiger charge is -2.39. The lowest BCUT2D eigenvalue weighted by atomic mass is 9.80. The van der Waals surface area contributed by atoms with Crippen molar-refractivity contribution in [3.63, 3.8) is 0 Å². The van der Waals surface area contributed by atoms with Crippen LogP contribution in [0.4, 0.5) is 15.8 Å². The Balaban J connectivity index is 1.82. The van der Waals surface area contributed by atoms with Crippen LogP contribution in [0.2, 0.25) is 0 Å². The lowest BCUT2D eigenvalue weighted by molar-refractivity contribution is -0.147. The van der Waals surface area contributed by atoms with Gasteiger partial charge in [0.25, 0.3) is 0 Å². The smallest absolute Gasteiger partial charge is 0.336 e. The summed E-state index contributed by atoms with van der Waals surface area (Å²) in [5.41, 5.74) is 3.13. The van der Waals surface area contributed by atoms with Crippen LogP contribution < -0.4 is 15.4 Å². The van der Waals surface area contributed by atoms with Crippen molar-refractivity contribution >= 4 is 61.4 Å². The topological polar surface area (TPSA) is 114 Å². The van der Waals surface area contributed by atoms with Crippen LogP contribution in [0.15, 0.2) is 53.4 Å². The Labute approximate surface area is 216 Å². The van der Waals surface area contributed by atoms with Crippen molar-refractivity contribution in [3.05, 3.63) is 73.9 Å². The standard InChI is InChI=1S/C24H23FIN3O5S/c1-11-15(6-5-7-17(11)29-35(4,32)33)19-13(3)27-23(30)20-21(12(2)24(31)34-22(19)20)28-18-9-8-14(26)10-16(18)25/h5-10,20,22,28-29H,1-4H3,(H,27,30)/t20?,22-/m0/s1. The van der Waals surface area contributed by atoms with E-state index in [1.165, 1.54) is 13.0 Å². The van der Waals surface area contributed by atoms with E-state index in [-0.39, 0.29) is 17.0 Å². The average Bonchev–Trinajstić information content (AvgIpc) is 2.74. The van der Waals surface area contributed by atoms with Crippen molar-refractivity contribution in [1.82, 2.24) is 5.32 Å². The van der Waals surface area contributed by atoms with Crippen LogP contribution in [0.3, 0.4) is 0 Å². The Bertz CT molecular complexity index is 1430. The van der Waals surface area contributed by atoms with Gasteiger partial charge in [0, 0.05) is 20.5 Å². The van der Waals surface area contributed by atoms with E-state index in [0.717, 1.165) is 6.26 Å². The minimum Gasteiger partial charge on any atom is -0.453 e. The van der Waals surface area contributed by atoms with Crippen molar-refractivity contribution in [3.8, 4) is 0 Å². The van der Waals surface area contributed by atoms with Crippen molar-refractivity contribution in [1.29, 1.82) is 0 Å². The highest BCUT2D eigenvalue weighted by atomic mass is 127. The highest BCUT2D eigenvalue weighted by molar-refractivity contribution is 14.1. The number of rotatable bonds is 5. The molecule has 2 aliphatic rings. The monoisotopic (exact) mass is 611 g/mol. The Hall–Kier alpha value is -2.93. The van der Waals surface area contributed by atoms with Gasteiger partial charge in [0.05, 0.1) is 23.2 Å². The van der Waals surface area contributed by atoms with Crippen LogP contribution in [0, 0.1) is 22.2 Å². The number of carbonyl (C=O) groups is 2. The zero-order valence-electron chi connectivity index (χ0n) is 19.3. The van der Waals surface area contributed by atoms with Gasteiger partial charge in [-0.3, -0.25) is 9.52 Å². The average molecular weight is 611 g/mol. The number of ether oxygens (including phenoxy) is 1. The molecule has 184 valence electrons. The minimum absolute atomic E-state index is 0.129. The first-order valence-corrected chi connectivity index (χ1v) is 13.6. The van der Waals surface area contributed by atoms with E-state index in [0.29, 0.717) is 31.7 Å². The predicted octanol–water partition coefficient (Wildman–Crippen LogP) is 3.90. The van der Waals surface area contributed by atoms with Gasteiger partial charge in [0.2, 0.25) is 15.9 Å². The van der Waals surface area contributed by atoms with Crippen molar-refractivity contribution < 1.29 is 27.1 Å². The maximum absolute atomic E-state index is 14.6. The van der Waals surface area contributed by atoms with Crippen molar-refractivity contribution in [2.24, 2.45) is 5.92 Å². The van der Waals surface area contributed by atoms with Gasteiger partial charge in [0.15, 0.2) is 0 Å². The van der Waals surface area contributed by atoms with Crippen molar-refractivity contribution in [2.75, 3.05) is 16.3 Å². The molecule has 1 unspecified atom stereocenters. The molecule has 2 aromatic carbocycles. The van der Waals surface area contributed by atoms with Gasteiger partial charge in [-0.15, -0.1) is 0 Å². The SMILES string of the molecule is CC1=C(c2cccc(NS(C)(=O)=O)c2C)[C@@H]2OC(=O)C(C)=C(Nc3ccc(I)cc3F)C2C(=O)N1. The van der Waals surface area contributed by atoms with Crippen LogP contribution in [0.1, 0.15) is 25.0 Å². The number of anilines is 2. The largest absolute Gasteiger partial charge is 0.453 e. The second-order valence-electron chi connectivity index (χ2n) is 8.47. The summed E-state index contributed by atoms with van der Waals surface area (Å²) >= 11 is 1.99. The molecule has 2 atom stereocenters. The second-order valence-corrected chi connectivity index (χ2v) is 11.5. The Morgan fingerprint density at radius 3 is 2.46 bits per heavy atom. The molecule has 2 heterocycles. The molecule has 0 fully saturated rings. The molecule has 0 bridgehead atoms. The highest BCUT2D eigenvalue weighted by Gasteiger charge is 2.47. The van der Waals surface area contributed by atoms with Gasteiger partial charge >= 0.3 is 5.97 Å². The summed E-state index contributed by atoms with van der Waals surface area (Å²) in [6, 6.07) is 9.66. The van der Waals surface area contributed by atoms with E-state index in [2.05, 4.69) is 15.4 Å². The maximum Gasteiger partial charge on any atom is 0.336 e. The molecule has 8 nitrogen and oxygen atoms in total. The van der Waals surface area contributed by atoms with Gasteiger partial charge in [-0.25, -0.2) is 17.6 Å². The Morgan fingerprint density at radius 1 is 1.09 bits per heavy atom. The third-order valence-electron chi connectivity index (χ3n) is 5.96. The molecule has 35 heavy (non-hydrogen) atoms. The minimum atomic E-state index is -3.53. The first-order chi connectivity index (χ1) is 16.4. The van der Waals surface area contributed by atoms with E-state index in [9.17, 15) is 22.4 Å². The molecule has 0 spiro atoms. The van der Waals surface area contributed by atoms with Crippen molar-refractivity contribution in [2.45, 2.75) is 26.9 Å². The van der Waals surface area contributed by atoms with Crippen LogP contribution in [-0.4, -0.2) is 32.7 Å². The molecule has 4 rings (SSSR count). The number of hydrogen-bond acceptors (Lipinski definition) is 6. The summed E-state index contributed by atoms with van der Waals surface area (Å²) in [7, 11) is -3.53. The third kappa shape index (κ3) is 4.92. The number of halogens is 2. The summed E-state index contributed by atoms with van der Waals surface area (Å²) in [5, 5.41) is 5.79. The molecule has 0 aliphatic carbocycles.